The van der Waals surface area contributed by atoms with Gasteiger partial charge in [-0.05, 0) is 18.1 Å². The maximum Gasteiger partial charge on any atom is 0.311 e. The molecule has 19 heavy (non-hydrogen) atoms. The van der Waals surface area contributed by atoms with Gasteiger partial charge in [0.05, 0.1) is 4.92 Å². The van der Waals surface area contributed by atoms with E-state index in [4.69, 9.17) is 16.3 Å². The number of nitro benzene ring substituents is 1. The third kappa shape index (κ3) is 3.18. The fourth-order valence-electron chi connectivity index (χ4n) is 1.48. The smallest absolute Gasteiger partial charge is 0.311 e. The molecule has 8 heteroatoms. The number of benzene rings is 1. The highest BCUT2D eigenvalue weighted by Crippen LogP contribution is 2.29. The number of ether oxygens (including phenoxy) is 1. The number of aromatic nitrogens is 2. The lowest BCUT2D eigenvalue weighted by Gasteiger charge is -2.06. The van der Waals surface area contributed by atoms with Crippen LogP contribution >= 0.6 is 23.1 Å². The molecule has 6 nitrogen and oxygen atoms in total. The Balaban J connectivity index is 2.20. The number of halogens is 1. The highest BCUT2D eigenvalue weighted by molar-refractivity contribution is 7.10. The van der Waals surface area contributed by atoms with Crippen molar-refractivity contribution in [3.8, 4) is 5.75 Å². The lowest BCUT2D eigenvalue weighted by atomic mass is 10.1. The second-order valence-corrected chi connectivity index (χ2v) is 5.05. The molecular weight excluding hydrogens is 290 g/mol. The van der Waals surface area contributed by atoms with Gasteiger partial charge in [0.1, 0.15) is 16.6 Å². The first-order chi connectivity index (χ1) is 9.11. The van der Waals surface area contributed by atoms with Gasteiger partial charge in [-0.25, -0.2) is 0 Å². The molecule has 1 aromatic heterocycles. The van der Waals surface area contributed by atoms with E-state index in [2.05, 4.69) is 9.59 Å². The van der Waals surface area contributed by atoms with Crippen LogP contribution in [0.15, 0.2) is 18.2 Å². The van der Waals surface area contributed by atoms with Crippen LogP contribution in [-0.4, -0.2) is 14.5 Å². The van der Waals surface area contributed by atoms with Gasteiger partial charge in [-0.15, -0.1) is 5.10 Å². The normalized spacial score (nSPS) is 10.4. The highest BCUT2D eigenvalue weighted by atomic mass is 35.5. The Labute approximate surface area is 118 Å². The van der Waals surface area contributed by atoms with Crippen LogP contribution in [0.3, 0.4) is 0 Å². The van der Waals surface area contributed by atoms with Crippen LogP contribution in [0.5, 0.6) is 5.75 Å². The number of hydrogen-bond acceptors (Lipinski definition) is 6. The summed E-state index contributed by atoms with van der Waals surface area (Å²) in [6.45, 7) is 1.99. The van der Waals surface area contributed by atoms with E-state index in [1.807, 2.05) is 6.92 Å². The topological polar surface area (TPSA) is 78.2 Å². The van der Waals surface area contributed by atoms with Crippen molar-refractivity contribution < 1.29 is 9.66 Å². The average molecular weight is 300 g/mol. The third-order valence-electron chi connectivity index (χ3n) is 2.50. The average Bonchev–Trinajstić information content (AvgIpc) is 2.81. The van der Waals surface area contributed by atoms with E-state index in [9.17, 15) is 10.1 Å². The van der Waals surface area contributed by atoms with E-state index in [1.54, 1.807) is 12.1 Å². The predicted molar refractivity (Wildman–Crippen MR) is 71.7 cm³/mol. The number of nitro groups is 1. The van der Waals surface area contributed by atoms with E-state index < -0.39 is 4.92 Å². The van der Waals surface area contributed by atoms with E-state index in [0.29, 0.717) is 10.0 Å². The predicted octanol–water partition coefficient (Wildman–Crippen LogP) is 3.24. The Kier molecular flexibility index (Phi) is 4.28. The molecule has 0 aliphatic heterocycles. The first-order valence-corrected chi connectivity index (χ1v) is 6.63. The monoisotopic (exact) mass is 299 g/mol. The van der Waals surface area contributed by atoms with Gasteiger partial charge in [0.15, 0.2) is 5.75 Å². The van der Waals surface area contributed by atoms with Crippen LogP contribution in [0, 0.1) is 10.1 Å². The summed E-state index contributed by atoms with van der Waals surface area (Å²) in [5, 5.41) is 14.8. The first-order valence-electron chi connectivity index (χ1n) is 5.48. The largest absolute Gasteiger partial charge is 0.480 e. The summed E-state index contributed by atoms with van der Waals surface area (Å²) in [5.74, 6) is 0.200. The zero-order valence-corrected chi connectivity index (χ0v) is 11.6. The van der Waals surface area contributed by atoms with Gasteiger partial charge in [-0.2, -0.15) is 0 Å². The molecule has 0 spiro atoms. The van der Waals surface area contributed by atoms with Crippen LogP contribution in [-0.2, 0) is 13.0 Å². The number of aryl methyl sites for hydroxylation is 1. The van der Waals surface area contributed by atoms with Crippen LogP contribution in [0.2, 0.25) is 4.34 Å². The molecule has 0 saturated carbocycles. The molecule has 0 N–H and O–H groups in total. The molecular formula is C11H10ClN3O3S. The van der Waals surface area contributed by atoms with E-state index >= 15 is 0 Å². The molecule has 1 heterocycles. The van der Waals surface area contributed by atoms with E-state index in [0.717, 1.165) is 23.5 Å². The third-order valence-corrected chi connectivity index (χ3v) is 3.49. The molecule has 2 rings (SSSR count). The zero-order valence-electron chi connectivity index (χ0n) is 10.00. The van der Waals surface area contributed by atoms with E-state index in [-0.39, 0.29) is 18.0 Å². The summed E-state index contributed by atoms with van der Waals surface area (Å²) >= 11 is 6.88. The summed E-state index contributed by atoms with van der Waals surface area (Å²) in [7, 11) is 0. The fourth-order valence-corrected chi connectivity index (χ4v) is 2.08. The van der Waals surface area contributed by atoms with Crippen LogP contribution in [0.25, 0.3) is 0 Å². The molecule has 0 aliphatic rings. The minimum Gasteiger partial charge on any atom is -0.480 e. The van der Waals surface area contributed by atoms with Crippen LogP contribution < -0.4 is 4.74 Å². The van der Waals surface area contributed by atoms with Crippen molar-refractivity contribution in [3.05, 3.63) is 43.9 Å². The van der Waals surface area contributed by atoms with Crippen LogP contribution in [0.1, 0.15) is 18.2 Å². The van der Waals surface area contributed by atoms with Crippen molar-refractivity contribution in [2.45, 2.75) is 20.0 Å². The molecule has 100 valence electrons. The lowest BCUT2D eigenvalue weighted by Crippen LogP contribution is -2.00. The molecule has 0 aliphatic carbocycles. The summed E-state index contributed by atoms with van der Waals surface area (Å²) in [4.78, 5) is 10.5. The van der Waals surface area contributed by atoms with Crippen molar-refractivity contribution in [2.75, 3.05) is 0 Å². The molecule has 0 bridgehead atoms. The SMILES string of the molecule is CCc1ccc(OCc2nnsc2Cl)c([N+](=O)[O-])c1. The van der Waals surface area contributed by atoms with Gasteiger partial charge in [-0.1, -0.05) is 29.1 Å². The van der Waals surface area contributed by atoms with Gasteiger partial charge >= 0.3 is 5.69 Å². The molecule has 0 saturated heterocycles. The van der Waals surface area contributed by atoms with Gasteiger partial charge in [0.2, 0.25) is 0 Å². The van der Waals surface area contributed by atoms with Gasteiger partial charge in [-0.3, -0.25) is 10.1 Å². The minimum absolute atomic E-state index is 0.0568. The fraction of sp³-hybridized carbons (Fsp3) is 0.273. The zero-order chi connectivity index (χ0) is 13.8. The Morgan fingerprint density at radius 2 is 2.32 bits per heavy atom. The minimum atomic E-state index is -0.463. The quantitative estimate of drug-likeness (QED) is 0.625. The second kappa shape index (κ2) is 5.94. The van der Waals surface area contributed by atoms with Crippen molar-refractivity contribution in [2.24, 2.45) is 0 Å². The standard InChI is InChI=1S/C11H10ClN3O3S/c1-2-7-3-4-10(9(5-7)15(16)17)18-6-8-11(12)19-14-13-8/h3-5H,2,6H2,1H3. The molecule has 1 aromatic carbocycles. The van der Waals surface area contributed by atoms with E-state index in [1.165, 1.54) is 6.07 Å². The molecule has 0 radical (unpaired) electrons. The number of nitrogens with zero attached hydrogens (tertiary/aromatic N) is 3. The van der Waals surface area contributed by atoms with Crippen molar-refractivity contribution in [1.29, 1.82) is 0 Å². The Bertz CT molecular complexity index is 603. The van der Waals surface area contributed by atoms with Crippen molar-refractivity contribution >= 4 is 28.8 Å². The number of hydrogen-bond donors (Lipinski definition) is 0. The van der Waals surface area contributed by atoms with Gasteiger partial charge < -0.3 is 4.74 Å². The molecule has 0 atom stereocenters. The maximum absolute atomic E-state index is 11.0. The van der Waals surface area contributed by atoms with Gasteiger partial charge in [0, 0.05) is 17.6 Å². The Morgan fingerprint density at radius 3 is 2.89 bits per heavy atom. The Morgan fingerprint density at radius 1 is 1.53 bits per heavy atom. The maximum atomic E-state index is 11.0. The second-order valence-electron chi connectivity index (χ2n) is 3.69. The lowest BCUT2D eigenvalue weighted by molar-refractivity contribution is -0.386. The highest BCUT2D eigenvalue weighted by Gasteiger charge is 2.17. The van der Waals surface area contributed by atoms with Crippen LogP contribution in [0.4, 0.5) is 5.69 Å². The molecule has 2 aromatic rings. The Hall–Kier alpha value is -1.73. The van der Waals surface area contributed by atoms with Gasteiger partial charge in [0.25, 0.3) is 0 Å². The summed E-state index contributed by atoms with van der Waals surface area (Å²) in [6.07, 6.45) is 0.725. The summed E-state index contributed by atoms with van der Waals surface area (Å²) in [5.41, 5.74) is 1.30. The number of rotatable bonds is 5. The first kappa shape index (κ1) is 13.7. The van der Waals surface area contributed by atoms with Crippen molar-refractivity contribution in [3.63, 3.8) is 0 Å². The molecule has 0 unspecified atom stereocenters. The van der Waals surface area contributed by atoms with Crippen molar-refractivity contribution in [1.82, 2.24) is 9.59 Å². The summed E-state index contributed by atoms with van der Waals surface area (Å²) < 4.78 is 9.49. The molecule has 0 fully saturated rings. The molecule has 0 amide bonds. The summed E-state index contributed by atoms with van der Waals surface area (Å²) in [6, 6.07) is 4.89.